The highest BCUT2D eigenvalue weighted by molar-refractivity contribution is 7.98. The molecule has 106 valence electrons. The lowest BCUT2D eigenvalue weighted by Crippen LogP contribution is -3.06. The van der Waals surface area contributed by atoms with Crippen LogP contribution >= 0.6 is 11.8 Å². The van der Waals surface area contributed by atoms with Crippen LogP contribution in [0.25, 0.3) is 0 Å². The summed E-state index contributed by atoms with van der Waals surface area (Å²) in [5.41, 5.74) is 4.51. The van der Waals surface area contributed by atoms with E-state index in [4.69, 9.17) is 0 Å². The van der Waals surface area contributed by atoms with E-state index in [1.165, 1.54) is 26.5 Å². The van der Waals surface area contributed by atoms with Crippen LogP contribution in [-0.2, 0) is 5.75 Å². The maximum absolute atomic E-state index is 2.31. The fraction of sp³-hybridized carbons (Fsp3) is 0.294. The molecule has 0 spiro atoms. The summed E-state index contributed by atoms with van der Waals surface area (Å²) in [6, 6.07) is 17.8. The predicted octanol–water partition coefficient (Wildman–Crippen LogP) is -0.427. The Bertz CT molecular complexity index is 535. The molecule has 0 bridgehead atoms. The van der Waals surface area contributed by atoms with Crippen molar-refractivity contribution in [2.45, 2.75) is 16.6 Å². The van der Waals surface area contributed by atoms with E-state index in [0.717, 1.165) is 12.3 Å². The molecule has 2 aromatic carbocycles. The molecule has 0 saturated carbocycles. The van der Waals surface area contributed by atoms with E-state index in [9.17, 15) is 0 Å². The molecule has 1 aliphatic heterocycles. The number of hydrogen-bond donors (Lipinski definition) is 1. The van der Waals surface area contributed by atoms with Gasteiger partial charge in [0.1, 0.15) is 0 Å². The average Bonchev–Trinajstić information content (AvgIpc) is 2.57. The van der Waals surface area contributed by atoms with Crippen LogP contribution in [0.4, 0.5) is 0 Å². The minimum atomic E-state index is 0. The van der Waals surface area contributed by atoms with Crippen molar-refractivity contribution in [2.24, 2.45) is 0 Å². The summed E-state index contributed by atoms with van der Waals surface area (Å²) in [6.45, 7) is 1.15. The first kappa shape index (κ1) is 15.4. The molecule has 0 saturated heterocycles. The van der Waals surface area contributed by atoms with Crippen LogP contribution < -0.4 is 17.3 Å². The highest BCUT2D eigenvalue weighted by Gasteiger charge is 2.25. The Hall–Kier alpha value is -0.960. The van der Waals surface area contributed by atoms with Crippen LogP contribution in [0, 0.1) is 0 Å². The molecule has 3 heteroatoms. The van der Waals surface area contributed by atoms with Gasteiger partial charge in [-0.15, -0.1) is 11.8 Å². The Morgan fingerprint density at radius 3 is 2.40 bits per heavy atom. The molecule has 1 nitrogen and oxygen atoms in total. The van der Waals surface area contributed by atoms with Gasteiger partial charge in [0.15, 0.2) is 0 Å². The van der Waals surface area contributed by atoms with Gasteiger partial charge in [0.25, 0.3) is 0 Å². The van der Waals surface area contributed by atoms with E-state index >= 15 is 0 Å². The maximum atomic E-state index is 2.31. The number of quaternary nitrogens is 1. The number of halogens is 1. The minimum Gasteiger partial charge on any atom is -1.00 e. The molecule has 0 amide bonds. The molecule has 0 aliphatic carbocycles. The van der Waals surface area contributed by atoms with Crippen molar-refractivity contribution in [3.05, 3.63) is 65.2 Å². The van der Waals surface area contributed by atoms with Crippen LogP contribution in [0.5, 0.6) is 0 Å². The van der Waals surface area contributed by atoms with Gasteiger partial charge in [0.05, 0.1) is 26.6 Å². The Morgan fingerprint density at radius 2 is 1.65 bits per heavy atom. The highest BCUT2D eigenvalue weighted by Crippen LogP contribution is 2.39. The lowest BCUT2D eigenvalue weighted by Gasteiger charge is -2.21. The van der Waals surface area contributed by atoms with Crippen LogP contribution in [0.15, 0.2) is 53.4 Å². The van der Waals surface area contributed by atoms with Crippen molar-refractivity contribution in [3.63, 3.8) is 0 Å². The number of rotatable bonds is 2. The van der Waals surface area contributed by atoms with E-state index in [-0.39, 0.29) is 12.4 Å². The van der Waals surface area contributed by atoms with Crippen molar-refractivity contribution >= 4 is 11.8 Å². The van der Waals surface area contributed by atoms with Crippen molar-refractivity contribution in [1.29, 1.82) is 0 Å². The average molecular weight is 306 g/mol. The molecule has 1 aliphatic rings. The van der Waals surface area contributed by atoms with E-state index in [0.29, 0.717) is 5.92 Å². The second-order valence-electron chi connectivity index (χ2n) is 5.49. The van der Waals surface area contributed by atoms with Gasteiger partial charge >= 0.3 is 0 Å². The lowest BCUT2D eigenvalue weighted by molar-refractivity contribution is -0.859. The summed E-state index contributed by atoms with van der Waals surface area (Å²) in [7, 11) is 4.48. The van der Waals surface area contributed by atoms with E-state index in [1.54, 1.807) is 0 Å². The third kappa shape index (κ3) is 3.03. The number of benzene rings is 2. The molecular formula is C17H20ClNS. The zero-order chi connectivity index (χ0) is 13.2. The molecule has 3 rings (SSSR count). The molecule has 1 unspecified atom stereocenters. The molecular weight excluding hydrogens is 286 g/mol. The predicted molar refractivity (Wildman–Crippen MR) is 82.0 cm³/mol. The number of hydrogen-bond acceptors (Lipinski definition) is 1. The van der Waals surface area contributed by atoms with Crippen LogP contribution in [0.3, 0.4) is 0 Å². The number of likely N-dealkylation sites (N-methyl/N-ethyl adjacent to an activating group) is 1. The van der Waals surface area contributed by atoms with Gasteiger partial charge in [-0.2, -0.15) is 0 Å². The largest absolute Gasteiger partial charge is 1.00 e. The first-order chi connectivity index (χ1) is 9.25. The summed E-state index contributed by atoms with van der Waals surface area (Å²) in [6.07, 6.45) is 0. The van der Waals surface area contributed by atoms with Crippen LogP contribution in [0.1, 0.15) is 22.6 Å². The molecule has 1 atom stereocenters. The quantitative estimate of drug-likeness (QED) is 0.789. The Balaban J connectivity index is 0.00000147. The number of thioether (sulfide) groups is 1. The van der Waals surface area contributed by atoms with Gasteiger partial charge in [-0.05, 0) is 22.8 Å². The Morgan fingerprint density at radius 1 is 1.00 bits per heavy atom. The van der Waals surface area contributed by atoms with Crippen molar-refractivity contribution in [2.75, 3.05) is 20.6 Å². The zero-order valence-electron chi connectivity index (χ0n) is 11.9. The van der Waals surface area contributed by atoms with Crippen molar-refractivity contribution in [1.82, 2.24) is 0 Å². The first-order valence-electron chi connectivity index (χ1n) is 6.84. The monoisotopic (exact) mass is 305 g/mol. The standard InChI is InChI=1S/C17H19NS.ClH/c1-18(2)11-16-14-8-4-3-7-13(14)12-19-17-10-6-5-9-15(16)17;/h3-10,16H,11-12H2,1-2H3;1H. The topological polar surface area (TPSA) is 4.44 Å². The molecule has 0 aromatic heterocycles. The fourth-order valence-corrected chi connectivity index (χ4v) is 3.98. The highest BCUT2D eigenvalue weighted by atomic mass is 35.5. The molecule has 0 radical (unpaired) electrons. The minimum absolute atomic E-state index is 0. The third-order valence-electron chi connectivity index (χ3n) is 3.72. The second kappa shape index (κ2) is 6.66. The maximum Gasteiger partial charge on any atom is 0.0878 e. The van der Waals surface area contributed by atoms with E-state index in [2.05, 4.69) is 62.6 Å². The van der Waals surface area contributed by atoms with Gasteiger partial charge in [0, 0.05) is 10.6 Å². The van der Waals surface area contributed by atoms with Crippen molar-refractivity contribution in [3.8, 4) is 0 Å². The van der Waals surface area contributed by atoms with Gasteiger partial charge in [-0.25, -0.2) is 0 Å². The van der Waals surface area contributed by atoms with E-state index in [1.807, 2.05) is 11.8 Å². The van der Waals surface area contributed by atoms with Gasteiger partial charge in [0.2, 0.25) is 0 Å². The number of fused-ring (bicyclic) bond motifs is 2. The van der Waals surface area contributed by atoms with Gasteiger partial charge in [-0.3, -0.25) is 0 Å². The Labute approximate surface area is 131 Å². The van der Waals surface area contributed by atoms with Crippen molar-refractivity contribution < 1.29 is 17.3 Å². The molecule has 20 heavy (non-hydrogen) atoms. The normalized spacial score (nSPS) is 16.9. The van der Waals surface area contributed by atoms with Gasteiger partial charge < -0.3 is 17.3 Å². The molecule has 1 heterocycles. The van der Waals surface area contributed by atoms with Crippen LogP contribution in [-0.4, -0.2) is 20.6 Å². The molecule has 0 fully saturated rings. The molecule has 1 N–H and O–H groups in total. The smallest absolute Gasteiger partial charge is 0.0878 e. The molecule has 2 aromatic rings. The second-order valence-corrected chi connectivity index (χ2v) is 6.51. The Kier molecular flexibility index (Phi) is 5.14. The number of nitrogens with one attached hydrogen (secondary N) is 1. The zero-order valence-corrected chi connectivity index (χ0v) is 13.5. The van der Waals surface area contributed by atoms with E-state index < -0.39 is 0 Å². The van der Waals surface area contributed by atoms with Crippen LogP contribution in [0.2, 0.25) is 0 Å². The fourth-order valence-electron chi connectivity index (χ4n) is 2.86. The van der Waals surface area contributed by atoms with Gasteiger partial charge in [-0.1, -0.05) is 42.5 Å². The lowest BCUT2D eigenvalue weighted by atomic mass is 9.88. The first-order valence-corrected chi connectivity index (χ1v) is 7.83. The summed E-state index contributed by atoms with van der Waals surface area (Å²) >= 11 is 1.97. The summed E-state index contributed by atoms with van der Waals surface area (Å²) in [5, 5.41) is 0. The SMILES string of the molecule is C[NH+](C)CC1c2ccccc2CSc2ccccc21.[Cl-]. The summed E-state index contributed by atoms with van der Waals surface area (Å²) in [4.78, 5) is 2.95. The summed E-state index contributed by atoms with van der Waals surface area (Å²) < 4.78 is 0. The summed E-state index contributed by atoms with van der Waals surface area (Å²) in [5.74, 6) is 1.61. The third-order valence-corrected chi connectivity index (χ3v) is 4.86.